The molecule has 0 unspecified atom stereocenters. The summed E-state index contributed by atoms with van der Waals surface area (Å²) in [5.74, 6) is 0. The summed E-state index contributed by atoms with van der Waals surface area (Å²) in [6.07, 6.45) is 1.29. The Bertz CT molecular complexity index is 149. The van der Waals surface area contributed by atoms with E-state index in [1.807, 2.05) is 13.8 Å². The van der Waals surface area contributed by atoms with Crippen LogP contribution in [-0.4, -0.2) is 15.2 Å². The molecule has 0 amide bonds. The van der Waals surface area contributed by atoms with E-state index < -0.39 is 0 Å². The first kappa shape index (κ1) is 6.94. The average molecular weight is 115 g/mol. The van der Waals surface area contributed by atoms with Gasteiger partial charge in [-0.15, -0.1) is 0 Å². The molecule has 2 N–H and O–H groups in total. The predicted octanol–water partition coefficient (Wildman–Crippen LogP) is 0.124. The van der Waals surface area contributed by atoms with Gasteiger partial charge in [0, 0.05) is 0 Å². The molecule has 1 heterocycles. The molecule has 0 aromatic carbocycles. The van der Waals surface area contributed by atoms with E-state index in [1.54, 1.807) is 0 Å². The normalized spacial score (nSPS) is 7.25. The van der Waals surface area contributed by atoms with Crippen molar-refractivity contribution in [3.63, 3.8) is 0 Å². The van der Waals surface area contributed by atoms with E-state index in [0.717, 1.165) is 0 Å². The number of H-pyrrole nitrogens is 2. The van der Waals surface area contributed by atoms with Gasteiger partial charge in [-0.25, -0.2) is 9.89 Å². The van der Waals surface area contributed by atoms with Crippen molar-refractivity contribution in [1.29, 1.82) is 0 Å². The van der Waals surface area contributed by atoms with E-state index >= 15 is 0 Å². The van der Waals surface area contributed by atoms with E-state index in [9.17, 15) is 4.79 Å². The monoisotopic (exact) mass is 115 g/mol. The van der Waals surface area contributed by atoms with Gasteiger partial charge in [0.2, 0.25) is 0 Å². The average Bonchev–Trinajstić information content (AvgIpc) is 2.24. The van der Waals surface area contributed by atoms with Gasteiger partial charge in [-0.3, -0.25) is 4.98 Å². The molecule has 0 saturated heterocycles. The Kier molecular flexibility index (Phi) is 3.56. The van der Waals surface area contributed by atoms with Crippen molar-refractivity contribution >= 4 is 0 Å². The van der Waals surface area contributed by atoms with Gasteiger partial charge in [0.05, 0.1) is 0 Å². The maximum atomic E-state index is 9.90. The van der Waals surface area contributed by atoms with Gasteiger partial charge in [0.15, 0.2) is 0 Å². The topological polar surface area (TPSA) is 61.5 Å². The minimum absolute atomic E-state index is 0.269. The molecule has 0 radical (unpaired) electrons. The fourth-order valence-electron chi connectivity index (χ4n) is 0.214. The largest absolute Gasteiger partial charge is 0.340 e. The van der Waals surface area contributed by atoms with E-state index in [1.165, 1.54) is 6.33 Å². The molecular formula is C4H9N3O. The molecule has 1 rings (SSSR count). The van der Waals surface area contributed by atoms with E-state index in [4.69, 9.17) is 0 Å². The van der Waals surface area contributed by atoms with Crippen LogP contribution in [-0.2, 0) is 0 Å². The molecule has 1 aromatic heterocycles. The van der Waals surface area contributed by atoms with Crippen molar-refractivity contribution < 1.29 is 0 Å². The number of hydrogen-bond acceptors (Lipinski definition) is 2. The van der Waals surface area contributed by atoms with Crippen LogP contribution in [0.3, 0.4) is 0 Å². The number of nitrogens with zero attached hydrogens (tertiary/aromatic N) is 1. The van der Waals surface area contributed by atoms with Crippen LogP contribution >= 0.6 is 0 Å². The molecule has 8 heavy (non-hydrogen) atoms. The third-order valence-electron chi connectivity index (χ3n) is 0.426. The highest BCUT2D eigenvalue weighted by molar-refractivity contribution is 4.48. The summed E-state index contributed by atoms with van der Waals surface area (Å²) in [6.45, 7) is 4.00. The maximum absolute atomic E-state index is 9.90. The van der Waals surface area contributed by atoms with Crippen LogP contribution in [0.25, 0.3) is 0 Å². The lowest BCUT2D eigenvalue weighted by Gasteiger charge is -1.49. The maximum Gasteiger partial charge on any atom is 0.340 e. The lowest BCUT2D eigenvalue weighted by molar-refractivity contribution is 1.05. The molecule has 0 aliphatic rings. The number of aromatic amines is 2. The lowest BCUT2D eigenvalue weighted by Crippen LogP contribution is -1.99. The zero-order valence-electron chi connectivity index (χ0n) is 4.93. The molecule has 0 aliphatic carbocycles. The van der Waals surface area contributed by atoms with E-state index in [2.05, 4.69) is 15.2 Å². The molecule has 1 aromatic rings. The van der Waals surface area contributed by atoms with Gasteiger partial charge in [-0.2, -0.15) is 5.10 Å². The lowest BCUT2D eigenvalue weighted by atomic mass is 11.0. The minimum atomic E-state index is -0.269. The van der Waals surface area contributed by atoms with Gasteiger partial charge < -0.3 is 0 Å². The number of nitrogens with one attached hydrogen (secondary N) is 2. The van der Waals surface area contributed by atoms with Gasteiger partial charge in [-0.1, -0.05) is 13.8 Å². The molecule has 4 heteroatoms. The molecular weight excluding hydrogens is 106 g/mol. The van der Waals surface area contributed by atoms with Crippen LogP contribution in [0, 0.1) is 0 Å². The predicted molar refractivity (Wildman–Crippen MR) is 30.6 cm³/mol. The molecule has 0 bridgehead atoms. The fraction of sp³-hybridized carbons (Fsp3) is 0.500. The third-order valence-corrected chi connectivity index (χ3v) is 0.426. The second-order valence-electron chi connectivity index (χ2n) is 0.843. The van der Waals surface area contributed by atoms with Crippen molar-refractivity contribution in [3.8, 4) is 0 Å². The van der Waals surface area contributed by atoms with Crippen molar-refractivity contribution in [2.75, 3.05) is 0 Å². The number of rotatable bonds is 0. The van der Waals surface area contributed by atoms with Crippen LogP contribution in [0.4, 0.5) is 0 Å². The Balaban J connectivity index is 0.000000222. The Morgan fingerprint density at radius 3 is 2.38 bits per heavy atom. The highest BCUT2D eigenvalue weighted by atomic mass is 16.1. The Labute approximate surface area is 46.9 Å². The number of aromatic nitrogens is 3. The summed E-state index contributed by atoms with van der Waals surface area (Å²) in [6, 6.07) is 0. The van der Waals surface area contributed by atoms with Crippen LogP contribution in [0.1, 0.15) is 13.8 Å². The zero-order valence-corrected chi connectivity index (χ0v) is 4.93. The molecule has 0 aliphatic heterocycles. The second kappa shape index (κ2) is 4.11. The first-order valence-corrected chi connectivity index (χ1v) is 2.47. The van der Waals surface area contributed by atoms with Gasteiger partial charge in [0.1, 0.15) is 6.33 Å². The minimum Gasteiger partial charge on any atom is -0.296 e. The SMILES string of the molecule is CC.O=c1[nH]cn[nH]1. The van der Waals surface area contributed by atoms with Gasteiger partial charge >= 0.3 is 5.69 Å². The fourth-order valence-corrected chi connectivity index (χ4v) is 0.214. The van der Waals surface area contributed by atoms with E-state index in [-0.39, 0.29) is 5.69 Å². The third kappa shape index (κ3) is 2.17. The molecule has 0 atom stereocenters. The highest BCUT2D eigenvalue weighted by Crippen LogP contribution is 1.42. The number of hydrogen-bond donors (Lipinski definition) is 2. The summed E-state index contributed by atoms with van der Waals surface area (Å²) in [7, 11) is 0. The molecule has 0 spiro atoms. The zero-order chi connectivity index (χ0) is 6.41. The standard InChI is InChI=1S/C2H3N3O.C2H6/c6-2-3-1-4-5-2;1-2/h1H,(H2,3,4,5,6);1-2H3. The molecule has 0 saturated carbocycles. The summed E-state index contributed by atoms with van der Waals surface area (Å²) < 4.78 is 0. The first-order chi connectivity index (χ1) is 3.89. The summed E-state index contributed by atoms with van der Waals surface area (Å²) in [4.78, 5) is 12.2. The van der Waals surface area contributed by atoms with Gasteiger partial charge in [0.25, 0.3) is 0 Å². The molecule has 0 fully saturated rings. The smallest absolute Gasteiger partial charge is 0.296 e. The first-order valence-electron chi connectivity index (χ1n) is 2.47. The summed E-state index contributed by atoms with van der Waals surface area (Å²) in [5.41, 5.74) is -0.269. The van der Waals surface area contributed by atoms with Crippen LogP contribution in [0.2, 0.25) is 0 Å². The van der Waals surface area contributed by atoms with Gasteiger partial charge in [-0.05, 0) is 0 Å². The van der Waals surface area contributed by atoms with Crippen LogP contribution in [0.5, 0.6) is 0 Å². The van der Waals surface area contributed by atoms with Crippen LogP contribution in [0.15, 0.2) is 11.1 Å². The Morgan fingerprint density at radius 2 is 2.25 bits per heavy atom. The van der Waals surface area contributed by atoms with Crippen molar-refractivity contribution in [2.45, 2.75) is 13.8 Å². The van der Waals surface area contributed by atoms with Crippen molar-refractivity contribution in [3.05, 3.63) is 16.8 Å². The molecule has 4 nitrogen and oxygen atoms in total. The van der Waals surface area contributed by atoms with E-state index in [0.29, 0.717) is 0 Å². The second-order valence-corrected chi connectivity index (χ2v) is 0.843. The van der Waals surface area contributed by atoms with Crippen LogP contribution < -0.4 is 5.69 Å². The van der Waals surface area contributed by atoms with Crippen molar-refractivity contribution in [2.24, 2.45) is 0 Å². The molecule has 46 valence electrons. The Morgan fingerprint density at radius 1 is 1.62 bits per heavy atom. The van der Waals surface area contributed by atoms with Crippen molar-refractivity contribution in [1.82, 2.24) is 15.2 Å². The quantitative estimate of drug-likeness (QED) is 0.504. The highest BCUT2D eigenvalue weighted by Gasteiger charge is 1.70. The summed E-state index contributed by atoms with van der Waals surface area (Å²) in [5, 5.41) is 5.47. The summed E-state index contributed by atoms with van der Waals surface area (Å²) >= 11 is 0. The Hall–Kier alpha value is -1.06.